The van der Waals surface area contributed by atoms with Gasteiger partial charge in [0.2, 0.25) is 0 Å². The van der Waals surface area contributed by atoms with E-state index in [1.54, 1.807) is 17.7 Å². The number of esters is 1. The maximum atomic E-state index is 12.2. The van der Waals surface area contributed by atoms with Crippen LogP contribution in [0.25, 0.3) is 11.0 Å². The predicted octanol–water partition coefficient (Wildman–Crippen LogP) is 3.23. The third kappa shape index (κ3) is 4.17. The topological polar surface area (TPSA) is 79.1 Å². The Morgan fingerprint density at radius 2 is 2.28 bits per heavy atom. The number of hydrogen-bond acceptors (Lipinski definition) is 7. The molecular formula is C21H20N2O5S. The molecule has 2 aromatic heterocycles. The second-order valence-electron chi connectivity index (χ2n) is 6.65. The van der Waals surface area contributed by atoms with Gasteiger partial charge in [0.25, 0.3) is 5.56 Å². The van der Waals surface area contributed by atoms with Crippen LogP contribution in [0, 0.1) is 0 Å². The molecule has 0 N–H and O–H groups in total. The minimum atomic E-state index is -0.532. The summed E-state index contributed by atoms with van der Waals surface area (Å²) < 4.78 is 18.2. The second-order valence-corrected chi connectivity index (χ2v) is 7.52. The molecule has 8 heteroatoms. The van der Waals surface area contributed by atoms with Gasteiger partial charge >= 0.3 is 5.97 Å². The Bertz CT molecular complexity index is 1150. The van der Waals surface area contributed by atoms with Gasteiger partial charge in [-0.3, -0.25) is 9.20 Å². The molecule has 0 amide bonds. The van der Waals surface area contributed by atoms with E-state index in [2.05, 4.69) is 4.98 Å². The number of hydrogen-bond donors (Lipinski definition) is 0. The maximum absolute atomic E-state index is 12.2. The molecule has 0 unspecified atom stereocenters. The monoisotopic (exact) mass is 412 g/mol. The predicted molar refractivity (Wildman–Crippen MR) is 110 cm³/mol. The molecule has 0 radical (unpaired) electrons. The smallest absolute Gasteiger partial charge is 0.331 e. The maximum Gasteiger partial charge on any atom is 0.331 e. The van der Waals surface area contributed by atoms with Gasteiger partial charge < -0.3 is 14.2 Å². The minimum Gasteiger partial charge on any atom is -0.493 e. The molecule has 0 saturated heterocycles. The van der Waals surface area contributed by atoms with Gasteiger partial charge in [-0.2, -0.15) is 0 Å². The van der Waals surface area contributed by atoms with Gasteiger partial charge in [-0.1, -0.05) is 0 Å². The number of rotatable bonds is 6. The number of carbonyl (C=O) groups is 1. The number of nitrogens with zero attached hydrogens (tertiary/aromatic N) is 2. The van der Waals surface area contributed by atoms with Gasteiger partial charge in [-0.15, -0.1) is 11.3 Å². The van der Waals surface area contributed by atoms with Gasteiger partial charge in [-0.05, 0) is 32.1 Å². The zero-order valence-electron chi connectivity index (χ0n) is 16.1. The highest BCUT2D eigenvalue weighted by Gasteiger charge is 2.21. The third-order valence-corrected chi connectivity index (χ3v) is 5.20. The van der Waals surface area contributed by atoms with Gasteiger partial charge in [-0.25, -0.2) is 9.78 Å². The molecule has 0 saturated carbocycles. The molecule has 1 aliphatic heterocycles. The summed E-state index contributed by atoms with van der Waals surface area (Å²) in [5.74, 6) is 0.976. The van der Waals surface area contributed by atoms with Crippen LogP contribution in [0.3, 0.4) is 0 Å². The van der Waals surface area contributed by atoms with Crippen LogP contribution in [0.15, 0.2) is 40.6 Å². The first-order valence-electron chi connectivity index (χ1n) is 9.30. The van der Waals surface area contributed by atoms with E-state index in [-0.39, 0.29) is 18.3 Å². The zero-order valence-corrected chi connectivity index (χ0v) is 16.9. The van der Waals surface area contributed by atoms with Gasteiger partial charge in [0.1, 0.15) is 24.2 Å². The van der Waals surface area contributed by atoms with Gasteiger partial charge in [0, 0.05) is 41.3 Å². The van der Waals surface area contributed by atoms with Crippen molar-refractivity contribution in [3.05, 3.63) is 63.0 Å². The summed E-state index contributed by atoms with van der Waals surface area (Å²) in [7, 11) is 0. The molecule has 7 nitrogen and oxygen atoms in total. The largest absolute Gasteiger partial charge is 0.493 e. The van der Waals surface area contributed by atoms with E-state index in [0.29, 0.717) is 23.0 Å². The fourth-order valence-electron chi connectivity index (χ4n) is 3.18. The number of ether oxygens (including phenoxy) is 3. The molecule has 3 aromatic rings. The first-order chi connectivity index (χ1) is 14.0. The van der Waals surface area contributed by atoms with Crippen molar-refractivity contribution < 1.29 is 19.0 Å². The van der Waals surface area contributed by atoms with E-state index in [4.69, 9.17) is 14.2 Å². The Labute approximate surface area is 171 Å². The fourth-order valence-corrected chi connectivity index (χ4v) is 3.92. The van der Waals surface area contributed by atoms with Crippen LogP contribution in [0.2, 0.25) is 0 Å². The van der Waals surface area contributed by atoms with E-state index in [1.807, 2.05) is 26.0 Å². The van der Waals surface area contributed by atoms with Crippen LogP contribution in [0.4, 0.5) is 0 Å². The molecule has 0 spiro atoms. The first-order valence-corrected chi connectivity index (χ1v) is 10.2. The highest BCUT2D eigenvalue weighted by Crippen LogP contribution is 2.35. The van der Waals surface area contributed by atoms with Crippen molar-refractivity contribution in [2.45, 2.75) is 33.0 Å². The van der Waals surface area contributed by atoms with Crippen molar-refractivity contribution in [1.82, 2.24) is 9.38 Å². The SMILES string of the molecule is CCOc1cc2c(cc1/C=C/C(=O)OCc1cc(=O)n3ccsc3n1)O[C@@H](C)C2. The summed E-state index contributed by atoms with van der Waals surface area (Å²) in [6.45, 7) is 4.37. The van der Waals surface area contributed by atoms with Crippen molar-refractivity contribution in [2.75, 3.05) is 6.61 Å². The van der Waals surface area contributed by atoms with Crippen LogP contribution in [-0.2, 0) is 22.6 Å². The van der Waals surface area contributed by atoms with Crippen LogP contribution in [-0.4, -0.2) is 28.1 Å². The molecule has 29 heavy (non-hydrogen) atoms. The van der Waals surface area contributed by atoms with E-state index >= 15 is 0 Å². The van der Waals surface area contributed by atoms with E-state index in [9.17, 15) is 9.59 Å². The Morgan fingerprint density at radius 3 is 3.10 bits per heavy atom. The lowest BCUT2D eigenvalue weighted by Gasteiger charge is -2.10. The van der Waals surface area contributed by atoms with Crippen LogP contribution in [0.1, 0.15) is 30.7 Å². The molecule has 0 fully saturated rings. The normalized spacial score (nSPS) is 15.4. The quantitative estimate of drug-likeness (QED) is 0.457. The summed E-state index contributed by atoms with van der Waals surface area (Å²) >= 11 is 1.35. The number of carbonyl (C=O) groups excluding carboxylic acids is 1. The molecule has 150 valence electrons. The Balaban J connectivity index is 1.46. The van der Waals surface area contributed by atoms with E-state index in [1.165, 1.54) is 27.9 Å². The average molecular weight is 412 g/mol. The molecule has 0 aliphatic carbocycles. The molecule has 1 atom stereocenters. The van der Waals surface area contributed by atoms with Crippen molar-refractivity contribution in [2.24, 2.45) is 0 Å². The first kappa shape index (κ1) is 19.2. The number of fused-ring (bicyclic) bond motifs is 2. The number of aromatic nitrogens is 2. The zero-order chi connectivity index (χ0) is 20.4. The van der Waals surface area contributed by atoms with Crippen LogP contribution < -0.4 is 15.0 Å². The molecule has 1 aliphatic rings. The highest BCUT2D eigenvalue weighted by molar-refractivity contribution is 7.15. The van der Waals surface area contributed by atoms with Crippen LogP contribution in [0.5, 0.6) is 11.5 Å². The number of benzene rings is 1. The third-order valence-electron chi connectivity index (χ3n) is 4.45. The van der Waals surface area contributed by atoms with Crippen LogP contribution >= 0.6 is 11.3 Å². The molecule has 1 aromatic carbocycles. The van der Waals surface area contributed by atoms with Crippen molar-refractivity contribution in [1.29, 1.82) is 0 Å². The Hall–Kier alpha value is -3.13. The van der Waals surface area contributed by atoms with Gasteiger partial charge in [0.15, 0.2) is 4.96 Å². The van der Waals surface area contributed by atoms with Gasteiger partial charge in [0.05, 0.1) is 12.3 Å². The molecule has 0 bridgehead atoms. The fraction of sp³-hybridized carbons (Fsp3) is 0.286. The summed E-state index contributed by atoms with van der Waals surface area (Å²) in [5, 5.41) is 1.78. The van der Waals surface area contributed by atoms with E-state index in [0.717, 1.165) is 23.3 Å². The molecule has 3 heterocycles. The second kappa shape index (κ2) is 8.08. The average Bonchev–Trinajstić information content (AvgIpc) is 3.30. The summed E-state index contributed by atoms with van der Waals surface area (Å²) in [4.78, 5) is 29.0. The van der Waals surface area contributed by atoms with E-state index < -0.39 is 5.97 Å². The van der Waals surface area contributed by atoms with Crippen molar-refractivity contribution in [3.8, 4) is 11.5 Å². The molecular weight excluding hydrogens is 392 g/mol. The standard InChI is InChI=1S/C21H20N2O5S/c1-3-26-17-10-15-8-13(2)28-18(15)9-14(17)4-5-20(25)27-12-16-11-19(24)23-6-7-29-21(23)22-16/h4-7,9-11,13H,3,8,12H2,1-2H3/b5-4+/t13-/m0/s1. The number of thiazole rings is 1. The minimum absolute atomic E-state index is 0.0735. The highest BCUT2D eigenvalue weighted by atomic mass is 32.1. The Morgan fingerprint density at radius 1 is 1.41 bits per heavy atom. The van der Waals surface area contributed by atoms with Crippen molar-refractivity contribution in [3.63, 3.8) is 0 Å². The lowest BCUT2D eigenvalue weighted by atomic mass is 10.1. The lowest BCUT2D eigenvalue weighted by Crippen LogP contribution is -2.14. The summed E-state index contributed by atoms with van der Waals surface area (Å²) in [5.41, 5.74) is 2.05. The van der Waals surface area contributed by atoms with Crippen molar-refractivity contribution >= 4 is 28.3 Å². The summed E-state index contributed by atoms with van der Waals surface area (Å²) in [6.07, 6.45) is 5.60. The Kier molecular flexibility index (Phi) is 5.35. The summed E-state index contributed by atoms with van der Waals surface area (Å²) in [6, 6.07) is 5.20. The molecule has 4 rings (SSSR count). The lowest BCUT2D eigenvalue weighted by molar-refractivity contribution is -0.139.